The second kappa shape index (κ2) is 12.3. The average molecular weight is 608 g/mol. The van der Waals surface area contributed by atoms with E-state index in [-0.39, 0.29) is 35.7 Å². The lowest BCUT2D eigenvalue weighted by Gasteiger charge is -2.45. The molecule has 0 aliphatic carbocycles. The van der Waals surface area contributed by atoms with E-state index in [1.165, 1.54) is 19.4 Å². The molecule has 3 N–H and O–H groups in total. The highest BCUT2D eigenvalue weighted by atomic mass is 19.2. The minimum Gasteiger partial charge on any atom is -0.394 e. The van der Waals surface area contributed by atoms with Crippen LogP contribution in [0.15, 0.2) is 36.5 Å². The van der Waals surface area contributed by atoms with E-state index in [0.29, 0.717) is 12.1 Å². The number of carbonyl (C=O) groups excluding carboxylic acids is 1. The molecule has 43 heavy (non-hydrogen) atoms. The average Bonchev–Trinajstić information content (AvgIpc) is 3.64. The number of benzene rings is 2. The maximum absolute atomic E-state index is 14.5. The fraction of sp³-hybridized carbons (Fsp3) is 0.407. The largest absolute Gasteiger partial charge is 0.394 e. The molecule has 7 atom stereocenters. The van der Waals surface area contributed by atoms with Gasteiger partial charge in [-0.1, -0.05) is 5.21 Å². The number of aromatic nitrogens is 3. The molecule has 1 amide bonds. The quantitative estimate of drug-likeness (QED) is 0.259. The maximum atomic E-state index is 14.5. The first-order valence-electron chi connectivity index (χ1n) is 12.9. The van der Waals surface area contributed by atoms with Gasteiger partial charge < -0.3 is 34.4 Å². The second-order valence-corrected chi connectivity index (χ2v) is 9.99. The number of hydrogen-bond donors (Lipinski definition) is 3. The molecule has 228 valence electrons. The van der Waals surface area contributed by atoms with Crippen LogP contribution in [0, 0.1) is 34.6 Å². The summed E-state index contributed by atoms with van der Waals surface area (Å²) in [5, 5.41) is 48.8. The zero-order chi connectivity index (χ0) is 31.0. The van der Waals surface area contributed by atoms with Crippen LogP contribution in [-0.4, -0.2) is 99.7 Å². The van der Waals surface area contributed by atoms with Crippen LogP contribution in [0.1, 0.15) is 11.6 Å². The summed E-state index contributed by atoms with van der Waals surface area (Å²) in [4.78, 5) is 15.2. The third-order valence-electron chi connectivity index (χ3n) is 7.36. The lowest BCUT2D eigenvalue weighted by molar-refractivity contribution is -0.211. The molecule has 2 fully saturated rings. The topological polar surface area (TPSA) is 163 Å². The van der Waals surface area contributed by atoms with Gasteiger partial charge in [0.25, 0.3) is 5.91 Å². The van der Waals surface area contributed by atoms with Gasteiger partial charge in [0.15, 0.2) is 23.6 Å². The molecule has 0 radical (unpaired) electrons. The van der Waals surface area contributed by atoms with E-state index in [4.69, 9.17) is 14.2 Å². The van der Waals surface area contributed by atoms with Crippen LogP contribution in [-0.2, 0) is 19.0 Å². The summed E-state index contributed by atoms with van der Waals surface area (Å²) >= 11 is 0. The number of ether oxygens (including phenoxy) is 3. The SMILES string of the molecule is CO[C@@H]1[C@@H](n2cc(-c3cc(F)c(F)c(F)c3)nn2)[C@@H](O)[C@@H](CO)O[C@H]1C(=O)N(c1cc(F)cc(C#N)c1)[C@@H]1COC[C@H]1O. The Balaban J connectivity index is 1.55. The monoisotopic (exact) mass is 607 g/mol. The zero-order valence-electron chi connectivity index (χ0n) is 22.3. The predicted octanol–water partition coefficient (Wildman–Crippen LogP) is 0.843. The highest BCUT2D eigenvalue weighted by Gasteiger charge is 2.52. The van der Waals surface area contributed by atoms with Crippen molar-refractivity contribution in [3.05, 3.63) is 65.4 Å². The van der Waals surface area contributed by atoms with Crippen molar-refractivity contribution in [3.63, 3.8) is 0 Å². The first-order chi connectivity index (χ1) is 20.6. The molecule has 12 nitrogen and oxygen atoms in total. The molecule has 3 aromatic rings. The minimum atomic E-state index is -1.68. The van der Waals surface area contributed by atoms with Gasteiger partial charge in [0.1, 0.15) is 42.0 Å². The van der Waals surface area contributed by atoms with E-state index in [9.17, 15) is 42.9 Å². The Labute approximate surface area is 241 Å². The molecule has 0 bridgehead atoms. The molecule has 2 aliphatic rings. The summed E-state index contributed by atoms with van der Waals surface area (Å²) in [6.45, 7) is -1.06. The van der Waals surface area contributed by atoms with Crippen LogP contribution in [0.2, 0.25) is 0 Å². The van der Waals surface area contributed by atoms with Gasteiger partial charge in [-0.15, -0.1) is 5.10 Å². The van der Waals surface area contributed by atoms with Crippen LogP contribution < -0.4 is 4.90 Å². The number of rotatable bonds is 7. The third kappa shape index (κ3) is 5.70. The van der Waals surface area contributed by atoms with Crippen molar-refractivity contribution < 1.29 is 51.9 Å². The van der Waals surface area contributed by atoms with Crippen molar-refractivity contribution in [1.29, 1.82) is 5.26 Å². The zero-order valence-corrected chi connectivity index (χ0v) is 22.3. The van der Waals surface area contributed by atoms with Crippen LogP contribution in [0.25, 0.3) is 11.3 Å². The van der Waals surface area contributed by atoms with Gasteiger partial charge in [0.2, 0.25) is 0 Å². The fourth-order valence-corrected chi connectivity index (χ4v) is 5.29. The van der Waals surface area contributed by atoms with Crippen LogP contribution >= 0.6 is 0 Å². The molecule has 0 unspecified atom stereocenters. The number of nitriles is 1. The second-order valence-electron chi connectivity index (χ2n) is 9.99. The summed E-state index contributed by atoms with van der Waals surface area (Å²) in [6, 6.07) is 4.03. The van der Waals surface area contributed by atoms with Crippen LogP contribution in [0.3, 0.4) is 0 Å². The minimum absolute atomic E-state index is 0.0961. The van der Waals surface area contributed by atoms with Crippen molar-refractivity contribution >= 4 is 11.6 Å². The summed E-state index contributed by atoms with van der Waals surface area (Å²) in [6.07, 6.45) is -5.98. The molecule has 0 spiro atoms. The Morgan fingerprint density at radius 2 is 1.88 bits per heavy atom. The molecule has 0 saturated carbocycles. The molecule has 5 rings (SSSR count). The molecular weight excluding hydrogens is 582 g/mol. The normalized spacial score (nSPS) is 27.2. The van der Waals surface area contributed by atoms with Gasteiger partial charge in [-0.05, 0) is 30.3 Å². The number of aliphatic hydroxyl groups excluding tert-OH is 3. The van der Waals surface area contributed by atoms with Gasteiger partial charge in [0, 0.05) is 18.4 Å². The Kier molecular flexibility index (Phi) is 8.74. The van der Waals surface area contributed by atoms with Crippen molar-refractivity contribution in [2.45, 2.75) is 42.6 Å². The van der Waals surface area contributed by atoms with Gasteiger partial charge in [-0.25, -0.2) is 22.2 Å². The van der Waals surface area contributed by atoms with Crippen molar-refractivity contribution in [3.8, 4) is 17.3 Å². The van der Waals surface area contributed by atoms with Crippen molar-refractivity contribution in [1.82, 2.24) is 15.0 Å². The van der Waals surface area contributed by atoms with Gasteiger partial charge in [-0.2, -0.15) is 5.26 Å². The van der Waals surface area contributed by atoms with E-state index >= 15 is 0 Å². The standard InChI is InChI=1S/C27H25F4N5O7/c1-41-25-23(35-8-18(33-34-35)13-4-16(29)22(31)17(30)5-13)24(39)21(9-37)43-26(25)27(40)36(19-10-42-11-20(19)38)15-3-12(7-32)2-14(28)6-15/h2-6,8,19-21,23-26,37-39H,9-11H2,1H3/t19-,20-,21-,23+,24+,25-,26-/m1/s1. The lowest BCUT2D eigenvalue weighted by atomic mass is 9.91. The number of carbonyl (C=O) groups is 1. The molecule has 1 aromatic heterocycles. The van der Waals surface area contributed by atoms with Gasteiger partial charge in [0.05, 0.1) is 43.7 Å². The lowest BCUT2D eigenvalue weighted by Crippen LogP contribution is -2.63. The number of aliphatic hydroxyl groups is 3. The first kappa shape index (κ1) is 30.5. The molecule has 3 heterocycles. The summed E-state index contributed by atoms with van der Waals surface area (Å²) in [7, 11) is 1.20. The smallest absolute Gasteiger partial charge is 0.259 e. The summed E-state index contributed by atoms with van der Waals surface area (Å²) in [5.41, 5.74) is -0.503. The van der Waals surface area contributed by atoms with Crippen LogP contribution in [0.5, 0.6) is 0 Å². The Hall–Kier alpha value is -3.98. The summed E-state index contributed by atoms with van der Waals surface area (Å²) in [5.74, 6) is -6.34. The number of halogens is 4. The fourth-order valence-electron chi connectivity index (χ4n) is 5.29. The van der Waals surface area contributed by atoms with E-state index in [1.54, 1.807) is 6.07 Å². The van der Waals surface area contributed by atoms with E-state index in [2.05, 4.69) is 10.3 Å². The number of methoxy groups -OCH3 is 1. The van der Waals surface area contributed by atoms with E-state index < -0.39 is 78.4 Å². The maximum Gasteiger partial charge on any atom is 0.259 e. The van der Waals surface area contributed by atoms with E-state index in [0.717, 1.165) is 21.7 Å². The summed E-state index contributed by atoms with van der Waals surface area (Å²) < 4.78 is 73.4. The molecule has 2 aliphatic heterocycles. The van der Waals surface area contributed by atoms with Gasteiger partial charge >= 0.3 is 0 Å². The highest BCUT2D eigenvalue weighted by Crippen LogP contribution is 2.36. The molecular formula is C27H25F4N5O7. The van der Waals surface area contributed by atoms with Crippen molar-refractivity contribution in [2.75, 3.05) is 31.8 Å². The number of amides is 1. The number of nitrogens with zero attached hydrogens (tertiary/aromatic N) is 5. The van der Waals surface area contributed by atoms with Crippen LogP contribution in [0.4, 0.5) is 23.2 Å². The Morgan fingerprint density at radius 1 is 1.16 bits per heavy atom. The highest BCUT2D eigenvalue weighted by molar-refractivity contribution is 5.98. The molecule has 16 heteroatoms. The first-order valence-corrected chi connectivity index (χ1v) is 12.9. The number of hydrogen-bond acceptors (Lipinski definition) is 10. The van der Waals surface area contributed by atoms with Crippen molar-refractivity contribution in [2.24, 2.45) is 0 Å². The third-order valence-corrected chi connectivity index (χ3v) is 7.36. The van der Waals surface area contributed by atoms with Gasteiger partial charge in [-0.3, -0.25) is 4.79 Å². The Morgan fingerprint density at radius 3 is 2.49 bits per heavy atom. The van der Waals surface area contributed by atoms with E-state index in [1.807, 2.05) is 0 Å². The number of anilines is 1. The molecule has 2 saturated heterocycles. The Bertz CT molecular complexity index is 1530. The molecule has 2 aromatic carbocycles. The predicted molar refractivity (Wildman–Crippen MR) is 136 cm³/mol.